The van der Waals surface area contributed by atoms with Gasteiger partial charge in [0.05, 0.1) is 12.2 Å². The van der Waals surface area contributed by atoms with E-state index in [1.807, 2.05) is 26.4 Å². The maximum Gasteiger partial charge on any atom is 0.490 e. The third-order valence-electron chi connectivity index (χ3n) is 5.80. The zero-order valence-electron chi connectivity index (χ0n) is 20.3. The molecule has 210 valence electrons. The molecule has 3 heterocycles. The number of aromatic nitrogens is 1. The number of amides is 1. The van der Waals surface area contributed by atoms with Crippen molar-refractivity contribution in [3.05, 3.63) is 30.1 Å². The van der Waals surface area contributed by atoms with E-state index in [4.69, 9.17) is 19.8 Å². The van der Waals surface area contributed by atoms with Crippen LogP contribution in [0.2, 0.25) is 0 Å². The molecule has 2 aliphatic heterocycles. The lowest BCUT2D eigenvalue weighted by atomic mass is 9.86. The Bertz CT molecular complexity index is 874. The second kappa shape index (κ2) is 13.6. The Morgan fingerprint density at radius 3 is 1.92 bits per heavy atom. The predicted molar refractivity (Wildman–Crippen MR) is 118 cm³/mol. The topological polar surface area (TPSA) is 114 Å². The Kier molecular flexibility index (Phi) is 11.8. The number of likely N-dealkylation sites (tertiary alicyclic amines) is 2. The monoisotopic (exact) mass is 544 g/mol. The number of hydrogen-bond donors (Lipinski definition) is 2. The van der Waals surface area contributed by atoms with E-state index in [2.05, 4.69) is 26.9 Å². The Labute approximate surface area is 209 Å². The van der Waals surface area contributed by atoms with Crippen LogP contribution < -0.4 is 0 Å². The van der Waals surface area contributed by atoms with E-state index < -0.39 is 24.3 Å². The van der Waals surface area contributed by atoms with Gasteiger partial charge in [-0.05, 0) is 50.9 Å². The molecular formula is C22H30F6N4O5. The van der Waals surface area contributed by atoms with Gasteiger partial charge in [-0.1, -0.05) is 6.07 Å². The molecule has 1 spiro atoms. The van der Waals surface area contributed by atoms with Gasteiger partial charge in [0.2, 0.25) is 5.91 Å². The molecule has 9 nitrogen and oxygen atoms in total. The molecular weight excluding hydrogens is 514 g/mol. The van der Waals surface area contributed by atoms with Gasteiger partial charge < -0.3 is 15.1 Å². The minimum Gasteiger partial charge on any atom is -0.475 e. The number of likely N-dealkylation sites (N-methyl/N-ethyl adjacent to an activating group) is 1. The molecule has 2 N–H and O–H groups in total. The summed E-state index contributed by atoms with van der Waals surface area (Å²) in [5, 5.41) is 14.2. The van der Waals surface area contributed by atoms with Crippen molar-refractivity contribution < 1.29 is 50.9 Å². The average Bonchev–Trinajstić information content (AvgIpc) is 3.14. The third kappa shape index (κ3) is 10.9. The van der Waals surface area contributed by atoms with Crippen LogP contribution in [0.25, 0.3) is 0 Å². The van der Waals surface area contributed by atoms with Gasteiger partial charge in [-0.2, -0.15) is 26.3 Å². The lowest BCUT2D eigenvalue weighted by Gasteiger charge is -2.46. The normalized spacial score (nSPS) is 20.3. The molecule has 0 saturated carbocycles. The lowest BCUT2D eigenvalue weighted by molar-refractivity contribution is -0.193. The Balaban J connectivity index is 0.000000404. The van der Waals surface area contributed by atoms with Crippen molar-refractivity contribution in [2.24, 2.45) is 0 Å². The van der Waals surface area contributed by atoms with E-state index in [1.165, 1.54) is 25.7 Å². The van der Waals surface area contributed by atoms with E-state index in [0.717, 1.165) is 31.9 Å². The summed E-state index contributed by atoms with van der Waals surface area (Å²) in [6.45, 7) is 4.72. The summed E-state index contributed by atoms with van der Waals surface area (Å²) in [4.78, 5) is 41.1. The van der Waals surface area contributed by atoms with Gasteiger partial charge in [0.1, 0.15) is 0 Å². The molecule has 1 aromatic heterocycles. The van der Waals surface area contributed by atoms with Crippen LogP contribution in [0.1, 0.15) is 31.4 Å². The van der Waals surface area contributed by atoms with Crippen LogP contribution in [0.15, 0.2) is 24.4 Å². The Morgan fingerprint density at radius 1 is 0.973 bits per heavy atom. The SMILES string of the molecule is CN(C)C(=O)CN1CCCC12CCCN(Cc1ccccn1)C2.O=C(O)C(F)(F)F.O=C(O)C(F)(F)F. The van der Waals surface area contributed by atoms with E-state index >= 15 is 0 Å². The van der Waals surface area contributed by atoms with Crippen LogP contribution in [0.3, 0.4) is 0 Å². The smallest absolute Gasteiger partial charge is 0.475 e. The Morgan fingerprint density at radius 2 is 1.49 bits per heavy atom. The molecule has 2 aliphatic rings. The number of carbonyl (C=O) groups is 3. The standard InChI is InChI=1S/C18H28N4O.2C2HF3O2/c1-20(2)17(23)14-22-12-6-9-18(22)8-5-11-21(15-18)13-16-7-3-4-10-19-16;2*3-2(4,5)1(6)7/h3-4,7,10H,5-6,8-9,11-15H2,1-2H3;2*(H,6,7). The van der Waals surface area contributed by atoms with Gasteiger partial charge in [0.25, 0.3) is 0 Å². The van der Waals surface area contributed by atoms with Gasteiger partial charge in [0.15, 0.2) is 0 Å². The number of hydrogen-bond acceptors (Lipinski definition) is 6. The zero-order valence-corrected chi connectivity index (χ0v) is 20.3. The highest BCUT2D eigenvalue weighted by Gasteiger charge is 2.44. The number of alkyl halides is 6. The summed E-state index contributed by atoms with van der Waals surface area (Å²) in [6.07, 6.45) is -3.46. The van der Waals surface area contributed by atoms with Crippen LogP contribution in [-0.2, 0) is 20.9 Å². The first kappa shape index (κ1) is 32.1. The van der Waals surface area contributed by atoms with E-state index in [1.54, 1.807) is 4.90 Å². The zero-order chi connectivity index (χ0) is 28.4. The molecule has 0 bridgehead atoms. The highest BCUT2D eigenvalue weighted by molar-refractivity contribution is 5.77. The van der Waals surface area contributed by atoms with Gasteiger partial charge in [-0.15, -0.1) is 0 Å². The van der Waals surface area contributed by atoms with Crippen LogP contribution in [0.5, 0.6) is 0 Å². The van der Waals surface area contributed by atoms with Crippen molar-refractivity contribution in [3.63, 3.8) is 0 Å². The first-order chi connectivity index (χ1) is 17.0. The molecule has 1 amide bonds. The molecule has 0 radical (unpaired) electrons. The molecule has 3 rings (SSSR count). The summed E-state index contributed by atoms with van der Waals surface area (Å²) in [5.74, 6) is -5.30. The molecule has 1 aromatic rings. The van der Waals surface area contributed by atoms with Crippen molar-refractivity contribution in [3.8, 4) is 0 Å². The predicted octanol–water partition coefficient (Wildman–Crippen LogP) is 2.87. The Hall–Kier alpha value is -2.94. The first-order valence-corrected chi connectivity index (χ1v) is 11.2. The number of pyridine rings is 1. The quantitative estimate of drug-likeness (QED) is 0.557. The number of carboxylic acids is 2. The first-order valence-electron chi connectivity index (χ1n) is 11.2. The molecule has 0 aliphatic carbocycles. The number of rotatable bonds is 4. The fourth-order valence-corrected chi connectivity index (χ4v) is 4.07. The average molecular weight is 544 g/mol. The number of halogens is 6. The van der Waals surface area contributed by atoms with Crippen LogP contribution in [-0.4, -0.2) is 106 Å². The number of aliphatic carboxylic acids is 2. The largest absolute Gasteiger partial charge is 0.490 e. The molecule has 1 atom stereocenters. The summed E-state index contributed by atoms with van der Waals surface area (Å²) >= 11 is 0. The maximum absolute atomic E-state index is 12.2. The summed E-state index contributed by atoms with van der Waals surface area (Å²) in [6, 6.07) is 6.12. The van der Waals surface area contributed by atoms with Gasteiger partial charge >= 0.3 is 24.3 Å². The van der Waals surface area contributed by atoms with Crippen molar-refractivity contribution in [2.75, 3.05) is 40.3 Å². The molecule has 1 unspecified atom stereocenters. The third-order valence-corrected chi connectivity index (χ3v) is 5.80. The fraction of sp³-hybridized carbons (Fsp3) is 0.636. The van der Waals surface area contributed by atoms with Gasteiger partial charge in [-0.25, -0.2) is 9.59 Å². The highest BCUT2D eigenvalue weighted by Crippen LogP contribution is 2.37. The number of carboxylic acid groups (broad SMARTS) is 2. The van der Waals surface area contributed by atoms with Gasteiger partial charge in [0, 0.05) is 38.9 Å². The summed E-state index contributed by atoms with van der Waals surface area (Å²) in [5.41, 5.74) is 1.33. The number of piperidine rings is 1. The molecule has 2 fully saturated rings. The van der Waals surface area contributed by atoms with Crippen molar-refractivity contribution in [1.82, 2.24) is 19.7 Å². The molecule has 0 aromatic carbocycles. The van der Waals surface area contributed by atoms with Crippen LogP contribution in [0.4, 0.5) is 26.3 Å². The van der Waals surface area contributed by atoms with Crippen molar-refractivity contribution in [2.45, 2.75) is 50.1 Å². The second-order valence-electron chi connectivity index (χ2n) is 8.78. The highest BCUT2D eigenvalue weighted by atomic mass is 19.4. The maximum atomic E-state index is 12.2. The molecule has 15 heteroatoms. The van der Waals surface area contributed by atoms with Crippen molar-refractivity contribution in [1.29, 1.82) is 0 Å². The van der Waals surface area contributed by atoms with E-state index in [0.29, 0.717) is 6.54 Å². The van der Waals surface area contributed by atoms with Gasteiger partial charge in [-0.3, -0.25) is 19.6 Å². The lowest BCUT2D eigenvalue weighted by Crippen LogP contribution is -2.57. The van der Waals surface area contributed by atoms with E-state index in [9.17, 15) is 31.1 Å². The molecule has 37 heavy (non-hydrogen) atoms. The van der Waals surface area contributed by atoms with Crippen LogP contribution in [0, 0.1) is 0 Å². The minimum absolute atomic E-state index is 0.193. The molecule has 2 saturated heterocycles. The van der Waals surface area contributed by atoms with Crippen molar-refractivity contribution >= 4 is 17.8 Å². The minimum atomic E-state index is -5.08. The van der Waals surface area contributed by atoms with E-state index in [-0.39, 0.29) is 11.4 Å². The second-order valence-corrected chi connectivity index (χ2v) is 8.78. The summed E-state index contributed by atoms with van der Waals surface area (Å²) < 4.78 is 63.5. The van der Waals surface area contributed by atoms with Crippen LogP contribution >= 0.6 is 0 Å². The fourth-order valence-electron chi connectivity index (χ4n) is 4.07. The summed E-state index contributed by atoms with van der Waals surface area (Å²) in [7, 11) is 3.69. The number of nitrogens with zero attached hydrogens (tertiary/aromatic N) is 4. The number of carbonyl (C=O) groups excluding carboxylic acids is 1.